The third-order valence-corrected chi connectivity index (χ3v) is 5.29. The minimum Gasteiger partial charge on any atom is -0.490 e. The van der Waals surface area contributed by atoms with Crippen molar-refractivity contribution in [2.75, 3.05) is 19.8 Å². The molecule has 1 atom stereocenters. The Morgan fingerprint density at radius 2 is 1.89 bits per heavy atom. The molecule has 2 aromatic carbocycles. The van der Waals surface area contributed by atoms with Crippen molar-refractivity contribution in [1.29, 1.82) is 0 Å². The molecule has 0 radical (unpaired) electrons. The van der Waals surface area contributed by atoms with Gasteiger partial charge < -0.3 is 14.4 Å². The van der Waals surface area contributed by atoms with Crippen LogP contribution in [0.3, 0.4) is 0 Å². The van der Waals surface area contributed by atoms with Crippen molar-refractivity contribution >= 4 is 23.2 Å². The van der Waals surface area contributed by atoms with E-state index in [0.29, 0.717) is 31.3 Å². The monoisotopic (exact) mass is 402 g/mol. The first kappa shape index (κ1) is 18.6. The summed E-state index contributed by atoms with van der Waals surface area (Å²) in [5, 5.41) is 11.6. The van der Waals surface area contributed by atoms with E-state index in [0.717, 1.165) is 24.8 Å². The van der Waals surface area contributed by atoms with Gasteiger partial charge in [0.05, 0.1) is 24.2 Å². The Balaban J connectivity index is 1.65. The van der Waals surface area contributed by atoms with Gasteiger partial charge in [-0.3, -0.25) is 14.9 Å². The van der Waals surface area contributed by atoms with E-state index in [9.17, 15) is 14.9 Å². The van der Waals surface area contributed by atoms with Gasteiger partial charge in [0.25, 0.3) is 11.6 Å². The second-order valence-corrected chi connectivity index (χ2v) is 7.27. The number of halogens is 1. The van der Waals surface area contributed by atoms with E-state index < -0.39 is 4.92 Å². The van der Waals surface area contributed by atoms with Crippen molar-refractivity contribution in [2.45, 2.75) is 25.3 Å². The van der Waals surface area contributed by atoms with Crippen molar-refractivity contribution in [3.05, 3.63) is 62.7 Å². The predicted molar refractivity (Wildman–Crippen MR) is 103 cm³/mol. The van der Waals surface area contributed by atoms with Crippen LogP contribution in [0.4, 0.5) is 5.69 Å². The molecule has 0 aliphatic carbocycles. The number of hydrogen-bond acceptors (Lipinski definition) is 5. The molecule has 2 heterocycles. The van der Waals surface area contributed by atoms with Crippen molar-refractivity contribution < 1.29 is 19.2 Å². The maximum atomic E-state index is 13.1. The Hall–Kier alpha value is -2.80. The minimum atomic E-state index is -0.572. The van der Waals surface area contributed by atoms with Gasteiger partial charge in [0.2, 0.25) is 0 Å². The van der Waals surface area contributed by atoms with Gasteiger partial charge in [-0.2, -0.15) is 0 Å². The van der Waals surface area contributed by atoms with Crippen LogP contribution in [0, 0.1) is 10.1 Å². The Morgan fingerprint density at radius 1 is 1.11 bits per heavy atom. The number of benzene rings is 2. The van der Waals surface area contributed by atoms with Gasteiger partial charge in [-0.1, -0.05) is 17.7 Å². The quantitative estimate of drug-likeness (QED) is 0.561. The van der Waals surface area contributed by atoms with Crippen molar-refractivity contribution in [3.8, 4) is 11.5 Å². The van der Waals surface area contributed by atoms with Crippen molar-refractivity contribution in [2.24, 2.45) is 0 Å². The molecule has 1 amide bonds. The van der Waals surface area contributed by atoms with E-state index in [1.54, 1.807) is 4.90 Å². The van der Waals surface area contributed by atoms with Crippen LogP contribution in [-0.4, -0.2) is 35.5 Å². The molecule has 4 rings (SSSR count). The van der Waals surface area contributed by atoms with Gasteiger partial charge in [-0.15, -0.1) is 0 Å². The van der Waals surface area contributed by atoms with Crippen LogP contribution in [0.2, 0.25) is 5.02 Å². The molecule has 7 nitrogen and oxygen atoms in total. The van der Waals surface area contributed by atoms with Gasteiger partial charge in [-0.25, -0.2) is 0 Å². The van der Waals surface area contributed by atoms with Gasteiger partial charge >= 0.3 is 0 Å². The molecule has 8 heteroatoms. The highest BCUT2D eigenvalue weighted by Crippen LogP contribution is 2.39. The van der Waals surface area contributed by atoms with E-state index in [1.807, 2.05) is 18.2 Å². The zero-order chi connectivity index (χ0) is 19.7. The van der Waals surface area contributed by atoms with Gasteiger partial charge in [0.1, 0.15) is 5.56 Å². The molecule has 2 aromatic rings. The molecule has 0 spiro atoms. The lowest BCUT2D eigenvalue weighted by molar-refractivity contribution is -0.385. The third kappa shape index (κ3) is 3.49. The number of nitro benzene ring substituents is 1. The molecule has 28 heavy (non-hydrogen) atoms. The van der Waals surface area contributed by atoms with E-state index in [-0.39, 0.29) is 28.2 Å². The first-order valence-electron chi connectivity index (χ1n) is 9.19. The molecule has 0 N–H and O–H groups in total. The Bertz CT molecular complexity index is 933. The summed E-state index contributed by atoms with van der Waals surface area (Å²) in [6.45, 7) is 1.74. The van der Waals surface area contributed by atoms with E-state index >= 15 is 0 Å². The standard InChI is InChI=1S/C20H19ClN2O5/c21-14-5-6-15(17(12-14)23(25)26)20(24)22-8-1-3-16(22)13-4-7-18-19(11-13)28-10-2-9-27-18/h4-7,11-12,16H,1-3,8-10H2/t16-/m0/s1. The first-order chi connectivity index (χ1) is 13.5. The predicted octanol–water partition coefficient (Wildman–Crippen LogP) is 4.39. The van der Waals surface area contributed by atoms with Crippen LogP contribution < -0.4 is 9.47 Å². The lowest BCUT2D eigenvalue weighted by Gasteiger charge is -2.25. The van der Waals surface area contributed by atoms with Crippen LogP contribution in [0.5, 0.6) is 11.5 Å². The molecule has 0 aromatic heterocycles. The zero-order valence-corrected chi connectivity index (χ0v) is 15.9. The minimum absolute atomic E-state index is 0.0515. The van der Waals surface area contributed by atoms with Crippen LogP contribution in [0.25, 0.3) is 0 Å². The molecule has 0 saturated carbocycles. The largest absolute Gasteiger partial charge is 0.490 e. The zero-order valence-electron chi connectivity index (χ0n) is 15.1. The summed E-state index contributed by atoms with van der Waals surface area (Å²) >= 11 is 5.88. The lowest BCUT2D eigenvalue weighted by atomic mass is 10.0. The topological polar surface area (TPSA) is 81.9 Å². The maximum Gasteiger partial charge on any atom is 0.283 e. The molecule has 2 aliphatic rings. The Labute approximate surface area is 167 Å². The highest BCUT2D eigenvalue weighted by atomic mass is 35.5. The third-order valence-electron chi connectivity index (χ3n) is 5.06. The van der Waals surface area contributed by atoms with Crippen molar-refractivity contribution in [3.63, 3.8) is 0 Å². The molecular weight excluding hydrogens is 384 g/mol. The fourth-order valence-electron chi connectivity index (χ4n) is 3.73. The molecule has 146 valence electrons. The highest BCUT2D eigenvalue weighted by molar-refractivity contribution is 6.31. The Kier molecular flexibility index (Phi) is 5.09. The number of nitrogens with zero attached hydrogens (tertiary/aromatic N) is 2. The smallest absolute Gasteiger partial charge is 0.283 e. The van der Waals surface area contributed by atoms with E-state index in [4.69, 9.17) is 21.1 Å². The number of nitro groups is 1. The summed E-state index contributed by atoms with van der Waals surface area (Å²) in [5.41, 5.74) is 0.712. The summed E-state index contributed by atoms with van der Waals surface area (Å²) < 4.78 is 11.4. The molecule has 1 fully saturated rings. The highest BCUT2D eigenvalue weighted by Gasteiger charge is 2.34. The summed E-state index contributed by atoms with van der Waals surface area (Å²) in [6.07, 6.45) is 2.43. The fraction of sp³-hybridized carbons (Fsp3) is 0.350. The molecule has 0 bridgehead atoms. The normalized spacial score (nSPS) is 18.6. The Morgan fingerprint density at radius 3 is 2.68 bits per heavy atom. The number of fused-ring (bicyclic) bond motifs is 1. The number of carbonyl (C=O) groups excluding carboxylic acids is 1. The summed E-state index contributed by atoms with van der Waals surface area (Å²) in [6, 6.07) is 9.68. The number of amides is 1. The van der Waals surface area contributed by atoms with Crippen molar-refractivity contribution in [1.82, 2.24) is 4.90 Å². The van der Waals surface area contributed by atoms with Gasteiger partial charge in [0.15, 0.2) is 11.5 Å². The maximum absolute atomic E-state index is 13.1. The summed E-state index contributed by atoms with van der Waals surface area (Å²) in [4.78, 5) is 25.6. The molecule has 2 aliphatic heterocycles. The molecule has 1 saturated heterocycles. The second kappa shape index (κ2) is 7.67. The number of carbonyl (C=O) groups is 1. The summed E-state index contributed by atoms with van der Waals surface area (Å²) in [5.74, 6) is 1.01. The van der Waals surface area contributed by atoms with E-state index in [2.05, 4.69) is 0 Å². The second-order valence-electron chi connectivity index (χ2n) is 6.83. The van der Waals surface area contributed by atoms with Crippen LogP contribution in [0.15, 0.2) is 36.4 Å². The van der Waals surface area contributed by atoms with Gasteiger partial charge in [-0.05, 0) is 42.7 Å². The van der Waals surface area contributed by atoms with Gasteiger partial charge in [0, 0.05) is 24.1 Å². The number of ether oxygens (including phenoxy) is 2. The van der Waals surface area contributed by atoms with Crippen LogP contribution in [-0.2, 0) is 0 Å². The fourth-order valence-corrected chi connectivity index (χ4v) is 3.90. The molecular formula is C20H19ClN2O5. The first-order valence-corrected chi connectivity index (χ1v) is 9.57. The van der Waals surface area contributed by atoms with E-state index in [1.165, 1.54) is 18.2 Å². The number of likely N-dealkylation sites (tertiary alicyclic amines) is 1. The lowest BCUT2D eigenvalue weighted by Crippen LogP contribution is -2.31. The number of hydrogen-bond donors (Lipinski definition) is 0. The SMILES string of the molecule is O=C(c1ccc(Cl)cc1[N+](=O)[O-])N1CCC[C@H]1c1ccc2c(c1)OCCCO2. The van der Waals surface area contributed by atoms with Crippen LogP contribution >= 0.6 is 11.6 Å². The summed E-state index contributed by atoms with van der Waals surface area (Å²) in [7, 11) is 0. The molecule has 0 unspecified atom stereocenters. The van der Waals surface area contributed by atoms with Crippen LogP contribution in [0.1, 0.15) is 41.2 Å². The average molecular weight is 403 g/mol. The average Bonchev–Trinajstić information content (AvgIpc) is 3.06. The number of rotatable bonds is 3.